The highest BCUT2D eigenvalue weighted by Crippen LogP contribution is 2.30. The summed E-state index contributed by atoms with van der Waals surface area (Å²) >= 11 is 0. The van der Waals surface area contributed by atoms with E-state index in [0.717, 1.165) is 25.1 Å². The zero-order chi connectivity index (χ0) is 14.2. The average Bonchev–Trinajstić information content (AvgIpc) is 2.34. The molecule has 0 aromatic heterocycles. The van der Waals surface area contributed by atoms with Crippen LogP contribution in [0.1, 0.15) is 38.3 Å². The smallest absolute Gasteiger partial charge is 0.244 e. The molecular formula is C16H24N2O. The fourth-order valence-electron chi connectivity index (χ4n) is 2.49. The van der Waals surface area contributed by atoms with E-state index in [0.29, 0.717) is 0 Å². The minimum absolute atomic E-state index is 0.0392. The lowest BCUT2D eigenvalue weighted by atomic mass is 9.86. The third-order valence-electron chi connectivity index (χ3n) is 3.82. The second-order valence-corrected chi connectivity index (χ2v) is 6.57. The summed E-state index contributed by atoms with van der Waals surface area (Å²) in [5, 5.41) is 0. The van der Waals surface area contributed by atoms with E-state index in [2.05, 4.69) is 25.1 Å². The van der Waals surface area contributed by atoms with Gasteiger partial charge < -0.3 is 10.6 Å². The van der Waals surface area contributed by atoms with Crippen LogP contribution < -0.4 is 10.6 Å². The van der Waals surface area contributed by atoms with Crippen molar-refractivity contribution in [1.29, 1.82) is 0 Å². The molecule has 1 amide bonds. The molecule has 2 N–H and O–H groups in total. The summed E-state index contributed by atoms with van der Waals surface area (Å²) in [6.45, 7) is 8.89. The van der Waals surface area contributed by atoms with Crippen LogP contribution in [0, 0.1) is 12.3 Å². The van der Waals surface area contributed by atoms with E-state index in [1.54, 1.807) is 0 Å². The maximum atomic E-state index is 12.6. The van der Waals surface area contributed by atoms with Crippen molar-refractivity contribution in [3.05, 3.63) is 29.3 Å². The van der Waals surface area contributed by atoms with Gasteiger partial charge in [0.05, 0.1) is 6.04 Å². The average molecular weight is 260 g/mol. The molecule has 2 rings (SSSR count). The molecule has 1 heterocycles. The molecule has 1 atom stereocenters. The van der Waals surface area contributed by atoms with Gasteiger partial charge in [-0.3, -0.25) is 4.79 Å². The Hall–Kier alpha value is -1.35. The summed E-state index contributed by atoms with van der Waals surface area (Å²) in [5.41, 5.74) is 9.46. The molecule has 1 aromatic rings. The SMILES string of the molecule is Cc1ccc2c(c1)CCCN2C(=O)[C@@H](N)C(C)(C)C. The van der Waals surface area contributed by atoms with E-state index in [-0.39, 0.29) is 11.3 Å². The largest absolute Gasteiger partial charge is 0.319 e. The topological polar surface area (TPSA) is 46.3 Å². The number of rotatable bonds is 1. The predicted octanol–water partition coefficient (Wildman–Crippen LogP) is 2.65. The summed E-state index contributed by atoms with van der Waals surface area (Å²) < 4.78 is 0. The van der Waals surface area contributed by atoms with E-state index in [9.17, 15) is 4.79 Å². The maximum absolute atomic E-state index is 12.6. The summed E-state index contributed by atoms with van der Waals surface area (Å²) in [5.74, 6) is 0.0392. The lowest BCUT2D eigenvalue weighted by Crippen LogP contribution is -2.51. The minimum Gasteiger partial charge on any atom is -0.319 e. The van der Waals surface area contributed by atoms with Gasteiger partial charge in [-0.05, 0) is 36.8 Å². The highest BCUT2D eigenvalue weighted by Gasteiger charge is 2.33. The molecule has 3 heteroatoms. The quantitative estimate of drug-likeness (QED) is 0.843. The monoisotopic (exact) mass is 260 g/mol. The van der Waals surface area contributed by atoms with E-state index >= 15 is 0 Å². The number of carbonyl (C=O) groups excluding carboxylic acids is 1. The third kappa shape index (κ3) is 2.81. The van der Waals surface area contributed by atoms with Crippen LogP contribution in [0.25, 0.3) is 0 Å². The van der Waals surface area contributed by atoms with Crippen LogP contribution in [0.2, 0.25) is 0 Å². The molecule has 0 unspecified atom stereocenters. The molecule has 19 heavy (non-hydrogen) atoms. The lowest BCUT2D eigenvalue weighted by Gasteiger charge is -2.35. The van der Waals surface area contributed by atoms with Gasteiger partial charge in [-0.15, -0.1) is 0 Å². The Morgan fingerprint density at radius 1 is 1.37 bits per heavy atom. The van der Waals surface area contributed by atoms with Gasteiger partial charge in [0.25, 0.3) is 0 Å². The first-order chi connectivity index (χ1) is 8.80. The zero-order valence-corrected chi connectivity index (χ0v) is 12.4. The zero-order valence-electron chi connectivity index (χ0n) is 12.4. The first kappa shape index (κ1) is 14.1. The number of hydrogen-bond acceptors (Lipinski definition) is 2. The molecule has 0 fully saturated rings. The fraction of sp³-hybridized carbons (Fsp3) is 0.562. The number of amides is 1. The molecule has 1 aliphatic rings. The molecule has 0 bridgehead atoms. The molecule has 0 radical (unpaired) electrons. The number of fused-ring (bicyclic) bond motifs is 1. The van der Waals surface area contributed by atoms with Crippen LogP contribution in [0.3, 0.4) is 0 Å². The van der Waals surface area contributed by atoms with E-state index in [1.165, 1.54) is 11.1 Å². The van der Waals surface area contributed by atoms with Crippen molar-refractivity contribution in [2.45, 2.75) is 46.6 Å². The number of nitrogens with two attached hydrogens (primary N) is 1. The van der Waals surface area contributed by atoms with E-state index in [1.807, 2.05) is 25.7 Å². The number of anilines is 1. The van der Waals surface area contributed by atoms with Crippen molar-refractivity contribution in [1.82, 2.24) is 0 Å². The summed E-state index contributed by atoms with van der Waals surface area (Å²) in [7, 11) is 0. The first-order valence-corrected chi connectivity index (χ1v) is 6.97. The number of nitrogens with zero attached hydrogens (tertiary/aromatic N) is 1. The number of aryl methyl sites for hydroxylation is 2. The fourth-order valence-corrected chi connectivity index (χ4v) is 2.49. The Kier molecular flexibility index (Phi) is 3.68. The molecular weight excluding hydrogens is 236 g/mol. The molecule has 104 valence electrons. The molecule has 0 saturated heterocycles. The lowest BCUT2D eigenvalue weighted by molar-refractivity contribution is -0.122. The Bertz CT molecular complexity index is 488. The Balaban J connectivity index is 2.31. The molecule has 0 aliphatic carbocycles. The van der Waals surface area contributed by atoms with Crippen LogP contribution in [0.15, 0.2) is 18.2 Å². The van der Waals surface area contributed by atoms with Crippen LogP contribution in [0.4, 0.5) is 5.69 Å². The van der Waals surface area contributed by atoms with Crippen molar-refractivity contribution in [3.8, 4) is 0 Å². The predicted molar refractivity (Wildman–Crippen MR) is 79.3 cm³/mol. The van der Waals surface area contributed by atoms with Gasteiger partial charge in [0.15, 0.2) is 0 Å². The summed E-state index contributed by atoms with van der Waals surface area (Å²) in [4.78, 5) is 14.5. The van der Waals surface area contributed by atoms with Crippen molar-refractivity contribution in [2.24, 2.45) is 11.1 Å². The highest BCUT2D eigenvalue weighted by atomic mass is 16.2. The second kappa shape index (κ2) is 4.97. The van der Waals surface area contributed by atoms with Gasteiger partial charge in [-0.25, -0.2) is 0 Å². The first-order valence-electron chi connectivity index (χ1n) is 6.97. The van der Waals surface area contributed by atoms with Gasteiger partial charge >= 0.3 is 0 Å². The molecule has 1 aromatic carbocycles. The van der Waals surface area contributed by atoms with Crippen molar-refractivity contribution >= 4 is 11.6 Å². The third-order valence-corrected chi connectivity index (χ3v) is 3.82. The standard InChI is InChI=1S/C16H24N2O/c1-11-7-8-13-12(10-11)6-5-9-18(13)15(19)14(17)16(2,3)4/h7-8,10,14H,5-6,9,17H2,1-4H3/t14-/m1/s1. The highest BCUT2D eigenvalue weighted by molar-refractivity contribution is 5.98. The molecule has 0 spiro atoms. The molecule has 0 saturated carbocycles. The number of carbonyl (C=O) groups is 1. The van der Waals surface area contributed by atoms with Crippen LogP contribution in [-0.4, -0.2) is 18.5 Å². The van der Waals surface area contributed by atoms with Crippen molar-refractivity contribution < 1.29 is 4.79 Å². The Morgan fingerprint density at radius 2 is 2.05 bits per heavy atom. The van der Waals surface area contributed by atoms with Crippen LogP contribution in [-0.2, 0) is 11.2 Å². The van der Waals surface area contributed by atoms with Crippen molar-refractivity contribution in [2.75, 3.05) is 11.4 Å². The summed E-state index contributed by atoms with van der Waals surface area (Å²) in [6.07, 6.45) is 2.06. The van der Waals surface area contributed by atoms with Gasteiger partial charge in [0.2, 0.25) is 5.91 Å². The normalized spacial score (nSPS) is 17.0. The van der Waals surface area contributed by atoms with Gasteiger partial charge in [-0.2, -0.15) is 0 Å². The van der Waals surface area contributed by atoms with Gasteiger partial charge in [-0.1, -0.05) is 38.5 Å². The van der Waals surface area contributed by atoms with E-state index in [4.69, 9.17) is 5.73 Å². The molecule has 3 nitrogen and oxygen atoms in total. The molecule has 1 aliphatic heterocycles. The van der Waals surface area contributed by atoms with E-state index < -0.39 is 6.04 Å². The van der Waals surface area contributed by atoms with Gasteiger partial charge in [0.1, 0.15) is 0 Å². The number of benzene rings is 1. The van der Waals surface area contributed by atoms with Gasteiger partial charge in [0, 0.05) is 12.2 Å². The minimum atomic E-state index is -0.459. The maximum Gasteiger partial charge on any atom is 0.244 e. The Labute approximate surface area is 115 Å². The summed E-state index contributed by atoms with van der Waals surface area (Å²) in [6, 6.07) is 5.83. The second-order valence-electron chi connectivity index (χ2n) is 6.57. The van der Waals surface area contributed by atoms with Crippen LogP contribution >= 0.6 is 0 Å². The van der Waals surface area contributed by atoms with Crippen molar-refractivity contribution in [3.63, 3.8) is 0 Å². The number of hydrogen-bond donors (Lipinski definition) is 1. The van der Waals surface area contributed by atoms with Crippen LogP contribution in [0.5, 0.6) is 0 Å². The Morgan fingerprint density at radius 3 is 2.68 bits per heavy atom.